The van der Waals surface area contributed by atoms with E-state index in [4.69, 9.17) is 5.11 Å². The number of thioether (sulfide) groups is 1. The molecule has 0 saturated heterocycles. The van der Waals surface area contributed by atoms with Crippen LogP contribution in [0.4, 0.5) is 0 Å². The maximum Gasteiger partial charge on any atom is 0.341 e. The van der Waals surface area contributed by atoms with Gasteiger partial charge in [0.25, 0.3) is 5.56 Å². The molecule has 0 fully saturated rings. The van der Waals surface area contributed by atoms with Crippen molar-refractivity contribution in [3.05, 3.63) is 33.7 Å². The molecule has 0 bridgehead atoms. The van der Waals surface area contributed by atoms with Crippen LogP contribution in [0.25, 0.3) is 0 Å². The molecule has 0 aliphatic heterocycles. The van der Waals surface area contributed by atoms with Crippen LogP contribution < -0.4 is 5.56 Å². The second-order valence-corrected chi connectivity index (χ2v) is 5.09. The lowest BCUT2D eigenvalue weighted by Crippen LogP contribution is -2.28. The zero-order valence-corrected chi connectivity index (χ0v) is 10.9. The van der Waals surface area contributed by atoms with Crippen molar-refractivity contribution < 1.29 is 9.90 Å². The molecule has 17 heavy (non-hydrogen) atoms. The molecule has 0 saturated carbocycles. The number of aryl methyl sites for hydroxylation is 1. The first-order chi connectivity index (χ1) is 8.07. The zero-order chi connectivity index (χ0) is 12.8. The number of pyridine rings is 1. The topological polar surface area (TPSA) is 59.3 Å². The summed E-state index contributed by atoms with van der Waals surface area (Å²) in [6.45, 7) is 4.49. The zero-order valence-electron chi connectivity index (χ0n) is 10.1. The number of carboxylic acids is 1. The van der Waals surface area contributed by atoms with E-state index < -0.39 is 11.5 Å². The number of carboxylic acid groups (broad SMARTS) is 1. The predicted molar refractivity (Wildman–Crippen MR) is 70.0 cm³/mol. The summed E-state index contributed by atoms with van der Waals surface area (Å²) in [4.78, 5) is 22.7. The Kier molecular flexibility index (Phi) is 5.28. The lowest BCUT2D eigenvalue weighted by molar-refractivity contribution is 0.0694. The molecular weight excluding hydrogens is 238 g/mol. The third-order valence-electron chi connectivity index (χ3n) is 2.50. The van der Waals surface area contributed by atoms with E-state index in [-0.39, 0.29) is 5.56 Å². The maximum absolute atomic E-state index is 11.9. The van der Waals surface area contributed by atoms with Gasteiger partial charge in [0.2, 0.25) is 0 Å². The minimum Gasteiger partial charge on any atom is -0.477 e. The monoisotopic (exact) mass is 255 g/mol. The fraction of sp³-hybridized carbons (Fsp3) is 0.500. The van der Waals surface area contributed by atoms with E-state index in [0.29, 0.717) is 6.54 Å². The maximum atomic E-state index is 11.9. The smallest absolute Gasteiger partial charge is 0.341 e. The first kappa shape index (κ1) is 13.8. The molecule has 0 atom stereocenters. The van der Waals surface area contributed by atoms with Crippen LogP contribution >= 0.6 is 11.8 Å². The fourth-order valence-electron chi connectivity index (χ4n) is 1.58. The van der Waals surface area contributed by atoms with Crippen molar-refractivity contribution in [3.8, 4) is 0 Å². The molecule has 0 spiro atoms. The van der Waals surface area contributed by atoms with Gasteiger partial charge in [-0.25, -0.2) is 4.79 Å². The molecule has 0 aliphatic carbocycles. The van der Waals surface area contributed by atoms with Crippen LogP contribution in [0.2, 0.25) is 0 Å². The highest BCUT2D eigenvalue weighted by Crippen LogP contribution is 2.04. The Morgan fingerprint density at radius 2 is 2.18 bits per heavy atom. The van der Waals surface area contributed by atoms with Crippen LogP contribution in [0.3, 0.4) is 0 Å². The highest BCUT2D eigenvalue weighted by molar-refractivity contribution is 7.99. The predicted octanol–water partition coefficient (Wildman–Crippen LogP) is 2.00. The number of rotatable bonds is 6. The third kappa shape index (κ3) is 3.63. The molecule has 1 aromatic heterocycles. The summed E-state index contributed by atoms with van der Waals surface area (Å²) in [5.74, 6) is 0.884. The van der Waals surface area contributed by atoms with Crippen LogP contribution in [-0.4, -0.2) is 27.1 Å². The Morgan fingerprint density at radius 3 is 2.76 bits per heavy atom. The third-order valence-corrected chi connectivity index (χ3v) is 3.48. The average molecular weight is 255 g/mol. The van der Waals surface area contributed by atoms with Crippen LogP contribution in [0.1, 0.15) is 29.4 Å². The van der Waals surface area contributed by atoms with Gasteiger partial charge < -0.3 is 9.67 Å². The van der Waals surface area contributed by atoms with E-state index >= 15 is 0 Å². The number of aromatic nitrogens is 1. The molecule has 1 heterocycles. The molecule has 0 aromatic carbocycles. The van der Waals surface area contributed by atoms with Crippen molar-refractivity contribution in [1.82, 2.24) is 4.57 Å². The molecular formula is C12H17NO3S. The molecule has 94 valence electrons. The van der Waals surface area contributed by atoms with E-state index in [9.17, 15) is 9.59 Å². The summed E-state index contributed by atoms with van der Waals surface area (Å²) in [6.07, 6.45) is 0.877. The van der Waals surface area contributed by atoms with E-state index in [0.717, 1.165) is 23.6 Å². The quantitative estimate of drug-likeness (QED) is 0.790. The van der Waals surface area contributed by atoms with Gasteiger partial charge in [0, 0.05) is 12.2 Å². The van der Waals surface area contributed by atoms with Crippen molar-refractivity contribution in [2.75, 3.05) is 11.5 Å². The average Bonchev–Trinajstić information content (AvgIpc) is 2.27. The van der Waals surface area contributed by atoms with Gasteiger partial charge in [-0.1, -0.05) is 6.92 Å². The Labute approximate surface area is 105 Å². The van der Waals surface area contributed by atoms with Gasteiger partial charge in [-0.2, -0.15) is 11.8 Å². The molecule has 1 aromatic rings. The lowest BCUT2D eigenvalue weighted by Gasteiger charge is -2.10. The van der Waals surface area contributed by atoms with Crippen LogP contribution in [-0.2, 0) is 6.54 Å². The van der Waals surface area contributed by atoms with Gasteiger partial charge in [-0.15, -0.1) is 0 Å². The number of carbonyl (C=O) groups is 1. The highest BCUT2D eigenvalue weighted by Gasteiger charge is 2.11. The Balaban J connectivity index is 2.87. The van der Waals surface area contributed by atoms with E-state index in [1.165, 1.54) is 6.07 Å². The van der Waals surface area contributed by atoms with Crippen LogP contribution in [0.15, 0.2) is 16.9 Å². The summed E-state index contributed by atoms with van der Waals surface area (Å²) in [5, 5.41) is 8.87. The largest absolute Gasteiger partial charge is 0.477 e. The molecule has 0 amide bonds. The Hall–Kier alpha value is -1.23. The van der Waals surface area contributed by atoms with Crippen molar-refractivity contribution in [2.24, 2.45) is 0 Å². The molecule has 1 N–H and O–H groups in total. The van der Waals surface area contributed by atoms with E-state index in [1.807, 2.05) is 18.7 Å². The number of hydrogen-bond donors (Lipinski definition) is 1. The second kappa shape index (κ2) is 6.49. The highest BCUT2D eigenvalue weighted by atomic mass is 32.2. The lowest BCUT2D eigenvalue weighted by atomic mass is 10.2. The second-order valence-electron chi connectivity index (χ2n) is 3.70. The molecule has 0 aliphatic rings. The van der Waals surface area contributed by atoms with Gasteiger partial charge in [0.1, 0.15) is 5.56 Å². The SMILES string of the molecule is CCSCCCn1c(C)ccc(C(=O)O)c1=O. The number of aromatic carboxylic acids is 1. The number of hydrogen-bond acceptors (Lipinski definition) is 3. The first-order valence-electron chi connectivity index (χ1n) is 5.59. The van der Waals surface area contributed by atoms with Gasteiger partial charge in [0.15, 0.2) is 0 Å². The van der Waals surface area contributed by atoms with Gasteiger partial charge in [-0.05, 0) is 37.0 Å². The Morgan fingerprint density at radius 1 is 1.47 bits per heavy atom. The minimum absolute atomic E-state index is 0.154. The van der Waals surface area contributed by atoms with E-state index in [1.54, 1.807) is 10.6 Å². The van der Waals surface area contributed by atoms with Crippen molar-refractivity contribution >= 4 is 17.7 Å². The molecule has 4 nitrogen and oxygen atoms in total. The first-order valence-corrected chi connectivity index (χ1v) is 6.75. The fourth-order valence-corrected chi connectivity index (χ4v) is 2.20. The molecule has 1 rings (SSSR count). The van der Waals surface area contributed by atoms with Gasteiger partial charge >= 0.3 is 5.97 Å². The molecule has 0 unspecified atom stereocenters. The van der Waals surface area contributed by atoms with Crippen molar-refractivity contribution in [3.63, 3.8) is 0 Å². The standard InChI is InChI=1S/C12H17NO3S/c1-3-17-8-4-7-13-9(2)5-6-10(11(13)14)12(15)16/h5-6H,3-4,7-8H2,1-2H3,(H,15,16). The minimum atomic E-state index is -1.16. The van der Waals surface area contributed by atoms with Gasteiger partial charge in [-0.3, -0.25) is 4.79 Å². The normalized spacial score (nSPS) is 10.5. The summed E-state index contributed by atoms with van der Waals surface area (Å²) < 4.78 is 1.54. The van der Waals surface area contributed by atoms with Crippen molar-refractivity contribution in [1.29, 1.82) is 0 Å². The summed E-state index contributed by atoms with van der Waals surface area (Å²) in [7, 11) is 0. The molecule has 0 radical (unpaired) electrons. The van der Waals surface area contributed by atoms with Crippen LogP contribution in [0, 0.1) is 6.92 Å². The van der Waals surface area contributed by atoms with E-state index in [2.05, 4.69) is 6.92 Å². The summed E-state index contributed by atoms with van der Waals surface area (Å²) >= 11 is 1.82. The number of nitrogens with zero attached hydrogens (tertiary/aromatic N) is 1. The summed E-state index contributed by atoms with van der Waals surface area (Å²) in [5.41, 5.74) is 0.249. The van der Waals surface area contributed by atoms with Gasteiger partial charge in [0.05, 0.1) is 0 Å². The molecule has 5 heteroatoms. The Bertz CT molecular complexity index is 454. The summed E-state index contributed by atoms with van der Waals surface area (Å²) in [6, 6.07) is 3.05. The van der Waals surface area contributed by atoms with Crippen LogP contribution in [0.5, 0.6) is 0 Å². The van der Waals surface area contributed by atoms with Crippen molar-refractivity contribution in [2.45, 2.75) is 26.8 Å².